The summed E-state index contributed by atoms with van der Waals surface area (Å²) in [7, 11) is 0. The summed E-state index contributed by atoms with van der Waals surface area (Å²) in [6.07, 6.45) is 4.74. The van der Waals surface area contributed by atoms with Gasteiger partial charge in [-0.05, 0) is 43.9 Å². The fraction of sp³-hybridized carbons (Fsp3) is 0.450. The zero-order valence-electron chi connectivity index (χ0n) is 14.7. The second kappa shape index (κ2) is 6.82. The van der Waals surface area contributed by atoms with Gasteiger partial charge in [0.05, 0.1) is 6.42 Å². The number of pyridine rings is 2. The molecule has 0 bridgehead atoms. The summed E-state index contributed by atoms with van der Waals surface area (Å²) in [6, 6.07) is 9.89. The second-order valence-electron chi connectivity index (χ2n) is 7.14. The van der Waals surface area contributed by atoms with Crippen LogP contribution in [0.25, 0.3) is 0 Å². The van der Waals surface area contributed by atoms with Gasteiger partial charge in [-0.3, -0.25) is 9.78 Å². The molecule has 1 aliphatic carbocycles. The zero-order valence-corrected chi connectivity index (χ0v) is 14.7. The summed E-state index contributed by atoms with van der Waals surface area (Å²) in [5.74, 6) is 2.00. The van der Waals surface area contributed by atoms with Crippen LogP contribution < -0.4 is 4.90 Å². The van der Waals surface area contributed by atoms with Crippen molar-refractivity contribution < 1.29 is 4.79 Å². The monoisotopic (exact) mass is 336 g/mol. The van der Waals surface area contributed by atoms with E-state index in [2.05, 4.69) is 16.0 Å². The highest BCUT2D eigenvalue weighted by atomic mass is 16.2. The molecule has 0 unspecified atom stereocenters. The molecule has 1 amide bonds. The maximum Gasteiger partial charge on any atom is 0.228 e. The van der Waals surface area contributed by atoms with Crippen LogP contribution in [0.15, 0.2) is 36.5 Å². The summed E-state index contributed by atoms with van der Waals surface area (Å²) >= 11 is 0. The van der Waals surface area contributed by atoms with Gasteiger partial charge in [0.1, 0.15) is 5.82 Å². The van der Waals surface area contributed by atoms with E-state index in [1.165, 1.54) is 12.8 Å². The Morgan fingerprint density at radius 2 is 2.08 bits per heavy atom. The molecule has 0 spiro atoms. The van der Waals surface area contributed by atoms with Crippen LogP contribution >= 0.6 is 0 Å². The molecule has 1 saturated carbocycles. The lowest BCUT2D eigenvalue weighted by Gasteiger charge is -2.24. The average Bonchev–Trinajstić information content (AvgIpc) is 3.44. The van der Waals surface area contributed by atoms with Crippen LogP contribution in [0.1, 0.15) is 29.8 Å². The molecule has 2 aliphatic rings. The number of amides is 1. The van der Waals surface area contributed by atoms with Crippen LogP contribution in [0.2, 0.25) is 0 Å². The Kier molecular flexibility index (Phi) is 4.38. The third kappa shape index (κ3) is 3.81. The van der Waals surface area contributed by atoms with E-state index < -0.39 is 0 Å². The molecule has 0 aromatic carbocycles. The Hall–Kier alpha value is -2.43. The summed E-state index contributed by atoms with van der Waals surface area (Å²) in [5.41, 5.74) is 3.01. The maximum atomic E-state index is 12.8. The average molecular weight is 336 g/mol. The van der Waals surface area contributed by atoms with E-state index in [0.717, 1.165) is 48.3 Å². The third-order valence-corrected chi connectivity index (χ3v) is 4.98. The molecule has 1 fully saturated rings. The molecule has 0 radical (unpaired) electrons. The van der Waals surface area contributed by atoms with Crippen molar-refractivity contribution in [1.29, 1.82) is 0 Å². The lowest BCUT2D eigenvalue weighted by molar-refractivity contribution is -0.130. The molecule has 130 valence electrons. The van der Waals surface area contributed by atoms with Crippen molar-refractivity contribution in [2.24, 2.45) is 5.92 Å². The first-order valence-electron chi connectivity index (χ1n) is 9.08. The summed E-state index contributed by atoms with van der Waals surface area (Å²) < 4.78 is 0. The number of hydrogen-bond acceptors (Lipinski definition) is 4. The van der Waals surface area contributed by atoms with Gasteiger partial charge in [0.2, 0.25) is 5.91 Å². The fourth-order valence-corrected chi connectivity index (χ4v) is 3.37. The molecule has 5 nitrogen and oxygen atoms in total. The minimum absolute atomic E-state index is 0.137. The quantitative estimate of drug-likeness (QED) is 0.861. The Balaban J connectivity index is 1.54. The molecule has 2 aromatic heterocycles. The molecular formula is C20H24N4O. The summed E-state index contributed by atoms with van der Waals surface area (Å²) in [6.45, 7) is 5.33. The summed E-state index contributed by atoms with van der Waals surface area (Å²) in [5, 5.41) is 0. The molecule has 1 aliphatic heterocycles. The Morgan fingerprint density at radius 3 is 2.84 bits per heavy atom. The van der Waals surface area contributed by atoms with E-state index in [4.69, 9.17) is 4.98 Å². The van der Waals surface area contributed by atoms with E-state index in [1.54, 1.807) is 6.20 Å². The molecule has 0 N–H and O–H groups in total. The van der Waals surface area contributed by atoms with E-state index in [1.807, 2.05) is 36.1 Å². The predicted octanol–water partition coefficient (Wildman–Crippen LogP) is 2.59. The maximum absolute atomic E-state index is 12.8. The van der Waals surface area contributed by atoms with Gasteiger partial charge in [-0.2, -0.15) is 0 Å². The van der Waals surface area contributed by atoms with Gasteiger partial charge < -0.3 is 9.80 Å². The number of rotatable bonds is 4. The predicted molar refractivity (Wildman–Crippen MR) is 97.3 cm³/mol. The van der Waals surface area contributed by atoms with Gasteiger partial charge in [0.15, 0.2) is 0 Å². The molecule has 4 rings (SSSR count). The van der Waals surface area contributed by atoms with Crippen LogP contribution in [0.3, 0.4) is 0 Å². The highest BCUT2D eigenvalue weighted by Gasteiger charge is 2.29. The summed E-state index contributed by atoms with van der Waals surface area (Å²) in [4.78, 5) is 26.2. The normalized spacial score (nSPS) is 17.2. The number of anilines is 1. The van der Waals surface area contributed by atoms with E-state index in [9.17, 15) is 4.79 Å². The number of hydrogen-bond donors (Lipinski definition) is 0. The minimum Gasteiger partial charge on any atom is -0.354 e. The van der Waals surface area contributed by atoms with Crippen molar-refractivity contribution in [2.75, 3.05) is 24.5 Å². The topological polar surface area (TPSA) is 49.3 Å². The molecule has 3 heterocycles. The first-order chi connectivity index (χ1) is 12.2. The van der Waals surface area contributed by atoms with Gasteiger partial charge in [0.25, 0.3) is 0 Å². The third-order valence-electron chi connectivity index (χ3n) is 4.98. The Labute approximate surface area is 148 Å². The number of aromatic nitrogens is 2. The number of fused-ring (bicyclic) bond motifs is 1. The number of carbonyl (C=O) groups is 1. The Bertz CT molecular complexity index is 758. The number of aryl methyl sites for hydroxylation is 1. The van der Waals surface area contributed by atoms with Crippen LogP contribution in [-0.4, -0.2) is 40.4 Å². The van der Waals surface area contributed by atoms with Gasteiger partial charge in [-0.1, -0.05) is 12.1 Å². The number of nitrogens with zero attached hydrogens (tertiary/aromatic N) is 4. The smallest absolute Gasteiger partial charge is 0.228 e. The van der Waals surface area contributed by atoms with Crippen molar-refractivity contribution in [3.8, 4) is 0 Å². The zero-order chi connectivity index (χ0) is 17.2. The Morgan fingerprint density at radius 1 is 1.20 bits per heavy atom. The van der Waals surface area contributed by atoms with Crippen LogP contribution in [0.5, 0.6) is 0 Å². The van der Waals surface area contributed by atoms with Crippen molar-refractivity contribution >= 4 is 11.7 Å². The SMILES string of the molecule is Cc1ccc2c(n1)N(CC1CC1)CCN(C(=O)Cc1ccccn1)C2. The molecular weight excluding hydrogens is 312 g/mol. The molecule has 2 aromatic rings. The second-order valence-corrected chi connectivity index (χ2v) is 7.14. The molecule has 0 atom stereocenters. The number of carbonyl (C=O) groups excluding carboxylic acids is 1. The van der Waals surface area contributed by atoms with Crippen molar-refractivity contribution in [1.82, 2.24) is 14.9 Å². The van der Waals surface area contributed by atoms with Crippen LogP contribution in [0.4, 0.5) is 5.82 Å². The molecule has 5 heteroatoms. The highest BCUT2D eigenvalue weighted by Crippen LogP contribution is 2.33. The minimum atomic E-state index is 0.137. The van der Waals surface area contributed by atoms with E-state index in [-0.39, 0.29) is 5.91 Å². The van der Waals surface area contributed by atoms with Gasteiger partial charge in [-0.25, -0.2) is 4.98 Å². The highest BCUT2D eigenvalue weighted by molar-refractivity contribution is 5.78. The van der Waals surface area contributed by atoms with E-state index >= 15 is 0 Å². The van der Waals surface area contributed by atoms with Crippen molar-refractivity contribution in [3.05, 3.63) is 53.5 Å². The first kappa shape index (κ1) is 16.1. The lowest BCUT2D eigenvalue weighted by Crippen LogP contribution is -2.37. The fourth-order valence-electron chi connectivity index (χ4n) is 3.37. The molecule has 0 saturated heterocycles. The van der Waals surface area contributed by atoms with Crippen LogP contribution in [0, 0.1) is 12.8 Å². The largest absolute Gasteiger partial charge is 0.354 e. The van der Waals surface area contributed by atoms with E-state index in [0.29, 0.717) is 13.0 Å². The van der Waals surface area contributed by atoms with Crippen LogP contribution in [-0.2, 0) is 17.8 Å². The lowest BCUT2D eigenvalue weighted by atomic mass is 10.2. The van der Waals surface area contributed by atoms with Crippen molar-refractivity contribution in [2.45, 2.75) is 32.7 Å². The molecule has 25 heavy (non-hydrogen) atoms. The van der Waals surface area contributed by atoms with Gasteiger partial charge >= 0.3 is 0 Å². The standard InChI is InChI=1S/C20H24N4O/c1-15-5-8-17-14-23(19(25)12-18-4-2-3-9-21-18)10-11-24(20(17)22-15)13-16-6-7-16/h2-5,8-9,16H,6-7,10-14H2,1H3. The van der Waals surface area contributed by atoms with Gasteiger partial charge in [-0.15, -0.1) is 0 Å². The van der Waals surface area contributed by atoms with Crippen molar-refractivity contribution in [3.63, 3.8) is 0 Å². The first-order valence-corrected chi connectivity index (χ1v) is 9.08. The van der Waals surface area contributed by atoms with Gasteiger partial charge in [0, 0.05) is 49.3 Å².